The smallest absolute Gasteiger partial charge is 0.125 e. The van der Waals surface area contributed by atoms with Crippen molar-refractivity contribution >= 4 is 11.5 Å². The molecule has 3 rings (SSSR count). The van der Waals surface area contributed by atoms with E-state index in [1.54, 1.807) is 6.20 Å². The highest BCUT2D eigenvalue weighted by Gasteiger charge is 2.35. The lowest BCUT2D eigenvalue weighted by atomic mass is 10.1. The van der Waals surface area contributed by atoms with E-state index in [0.29, 0.717) is 11.9 Å². The maximum atomic E-state index is 5.69. The molecular formula is C11H16N4. The van der Waals surface area contributed by atoms with Crippen LogP contribution in [-0.2, 0) is 0 Å². The Bertz CT molecular complexity index is 353. The number of pyridine rings is 1. The first-order chi connectivity index (χ1) is 7.33. The predicted molar refractivity (Wildman–Crippen MR) is 60.8 cm³/mol. The summed E-state index contributed by atoms with van der Waals surface area (Å²) in [4.78, 5) is 6.42. The standard InChI is InChI=1S/C11H16N4/c12-11-5-9(2-4-14-11)15-6-8-1-3-13-10(8)7-15/h2,4-5,8,10,13H,1,3,6-7H2,(H2,12,14)/t8-,10+/m1/s1. The molecule has 0 aliphatic carbocycles. The summed E-state index contributed by atoms with van der Waals surface area (Å²) in [6.07, 6.45) is 3.09. The van der Waals surface area contributed by atoms with Crippen LogP contribution in [0.15, 0.2) is 18.3 Å². The Labute approximate surface area is 89.5 Å². The highest BCUT2D eigenvalue weighted by Crippen LogP contribution is 2.29. The molecule has 80 valence electrons. The third kappa shape index (κ3) is 1.55. The monoisotopic (exact) mass is 204 g/mol. The number of hydrogen-bond acceptors (Lipinski definition) is 4. The van der Waals surface area contributed by atoms with E-state index in [0.717, 1.165) is 19.0 Å². The van der Waals surface area contributed by atoms with Gasteiger partial charge in [0.15, 0.2) is 0 Å². The van der Waals surface area contributed by atoms with Crippen LogP contribution in [0.1, 0.15) is 6.42 Å². The minimum atomic E-state index is 0.609. The van der Waals surface area contributed by atoms with Crippen molar-refractivity contribution in [2.24, 2.45) is 5.92 Å². The Morgan fingerprint density at radius 2 is 2.40 bits per heavy atom. The van der Waals surface area contributed by atoms with Gasteiger partial charge in [0.1, 0.15) is 5.82 Å². The van der Waals surface area contributed by atoms with Crippen LogP contribution in [0.3, 0.4) is 0 Å². The molecule has 0 radical (unpaired) electrons. The van der Waals surface area contributed by atoms with Crippen LogP contribution in [0, 0.1) is 5.92 Å². The molecule has 2 aliphatic rings. The van der Waals surface area contributed by atoms with Gasteiger partial charge < -0.3 is 16.0 Å². The second-order valence-corrected chi connectivity index (χ2v) is 4.45. The zero-order valence-electron chi connectivity index (χ0n) is 8.69. The lowest BCUT2D eigenvalue weighted by molar-refractivity contribution is 0.556. The van der Waals surface area contributed by atoms with Crippen molar-refractivity contribution in [3.8, 4) is 0 Å². The predicted octanol–water partition coefficient (Wildman–Crippen LogP) is 0.462. The van der Waals surface area contributed by atoms with Gasteiger partial charge in [-0.1, -0.05) is 0 Å². The molecule has 15 heavy (non-hydrogen) atoms. The van der Waals surface area contributed by atoms with Crippen molar-refractivity contribution in [3.63, 3.8) is 0 Å². The van der Waals surface area contributed by atoms with E-state index >= 15 is 0 Å². The average Bonchev–Trinajstić information content (AvgIpc) is 2.76. The fraction of sp³-hybridized carbons (Fsp3) is 0.545. The summed E-state index contributed by atoms with van der Waals surface area (Å²) in [5.74, 6) is 1.43. The van der Waals surface area contributed by atoms with Gasteiger partial charge in [0.25, 0.3) is 0 Å². The van der Waals surface area contributed by atoms with Crippen molar-refractivity contribution in [3.05, 3.63) is 18.3 Å². The lowest BCUT2D eigenvalue weighted by Gasteiger charge is -2.19. The first kappa shape index (κ1) is 8.97. The van der Waals surface area contributed by atoms with Gasteiger partial charge in [-0.25, -0.2) is 4.98 Å². The second-order valence-electron chi connectivity index (χ2n) is 4.45. The zero-order chi connectivity index (χ0) is 10.3. The number of nitrogens with one attached hydrogen (secondary N) is 1. The summed E-state index contributed by atoms with van der Waals surface area (Å²) < 4.78 is 0. The molecule has 4 heteroatoms. The highest BCUT2D eigenvalue weighted by molar-refractivity contribution is 5.53. The number of nitrogens with two attached hydrogens (primary N) is 1. The molecule has 2 fully saturated rings. The van der Waals surface area contributed by atoms with E-state index < -0.39 is 0 Å². The van der Waals surface area contributed by atoms with Gasteiger partial charge in [0.05, 0.1) is 0 Å². The summed E-state index contributed by atoms with van der Waals surface area (Å²) in [5, 5.41) is 3.54. The normalized spacial score (nSPS) is 29.5. The minimum absolute atomic E-state index is 0.609. The quantitative estimate of drug-likeness (QED) is 0.698. The Hall–Kier alpha value is -1.29. The molecular weight excluding hydrogens is 188 g/mol. The van der Waals surface area contributed by atoms with Crippen molar-refractivity contribution in [2.45, 2.75) is 12.5 Å². The van der Waals surface area contributed by atoms with E-state index in [2.05, 4.69) is 15.2 Å². The Kier molecular flexibility index (Phi) is 2.02. The van der Waals surface area contributed by atoms with Crippen LogP contribution >= 0.6 is 0 Å². The van der Waals surface area contributed by atoms with E-state index in [-0.39, 0.29) is 0 Å². The first-order valence-corrected chi connectivity index (χ1v) is 5.53. The Balaban J connectivity index is 1.79. The molecule has 0 saturated carbocycles. The molecule has 2 aliphatic heterocycles. The lowest BCUT2D eigenvalue weighted by Crippen LogP contribution is -2.30. The number of anilines is 2. The van der Waals surface area contributed by atoms with Crippen LogP contribution in [0.25, 0.3) is 0 Å². The van der Waals surface area contributed by atoms with E-state index in [4.69, 9.17) is 5.73 Å². The van der Waals surface area contributed by atoms with Gasteiger partial charge in [-0.05, 0) is 24.9 Å². The van der Waals surface area contributed by atoms with Gasteiger partial charge in [-0.3, -0.25) is 0 Å². The largest absolute Gasteiger partial charge is 0.384 e. The summed E-state index contributed by atoms with van der Waals surface area (Å²) in [5.41, 5.74) is 6.90. The summed E-state index contributed by atoms with van der Waals surface area (Å²) in [6.45, 7) is 3.44. The molecule has 0 bridgehead atoms. The summed E-state index contributed by atoms with van der Waals surface area (Å²) in [7, 11) is 0. The van der Waals surface area contributed by atoms with Crippen LogP contribution in [0.2, 0.25) is 0 Å². The van der Waals surface area contributed by atoms with Crippen LogP contribution in [-0.4, -0.2) is 30.7 Å². The van der Waals surface area contributed by atoms with Crippen molar-refractivity contribution in [1.29, 1.82) is 0 Å². The Morgan fingerprint density at radius 1 is 1.47 bits per heavy atom. The SMILES string of the molecule is Nc1cc(N2C[C@H]3CCN[C@H]3C2)ccn1. The molecule has 2 atom stereocenters. The van der Waals surface area contributed by atoms with Gasteiger partial charge in [-0.15, -0.1) is 0 Å². The van der Waals surface area contributed by atoms with E-state index in [1.807, 2.05) is 12.1 Å². The van der Waals surface area contributed by atoms with E-state index in [1.165, 1.54) is 18.7 Å². The molecule has 4 nitrogen and oxygen atoms in total. The highest BCUT2D eigenvalue weighted by atomic mass is 15.2. The summed E-state index contributed by atoms with van der Waals surface area (Å²) >= 11 is 0. The number of nitrogen functional groups attached to an aromatic ring is 1. The zero-order valence-corrected chi connectivity index (χ0v) is 8.69. The van der Waals surface area contributed by atoms with Crippen LogP contribution in [0.4, 0.5) is 11.5 Å². The third-order valence-electron chi connectivity index (χ3n) is 3.49. The molecule has 0 aromatic carbocycles. The molecule has 3 N–H and O–H groups in total. The minimum Gasteiger partial charge on any atom is -0.384 e. The van der Waals surface area contributed by atoms with Crippen LogP contribution < -0.4 is 16.0 Å². The molecule has 0 unspecified atom stereocenters. The number of fused-ring (bicyclic) bond motifs is 1. The molecule has 1 aromatic rings. The van der Waals surface area contributed by atoms with Gasteiger partial charge in [-0.2, -0.15) is 0 Å². The molecule has 2 saturated heterocycles. The van der Waals surface area contributed by atoms with Gasteiger partial charge >= 0.3 is 0 Å². The van der Waals surface area contributed by atoms with Crippen molar-refractivity contribution < 1.29 is 0 Å². The first-order valence-electron chi connectivity index (χ1n) is 5.53. The molecule has 0 spiro atoms. The molecule has 0 amide bonds. The maximum Gasteiger partial charge on any atom is 0.125 e. The number of rotatable bonds is 1. The van der Waals surface area contributed by atoms with E-state index in [9.17, 15) is 0 Å². The average molecular weight is 204 g/mol. The molecule has 1 aromatic heterocycles. The number of aromatic nitrogens is 1. The fourth-order valence-electron chi connectivity index (χ4n) is 2.69. The molecule has 3 heterocycles. The third-order valence-corrected chi connectivity index (χ3v) is 3.49. The van der Waals surface area contributed by atoms with Crippen molar-refractivity contribution in [2.75, 3.05) is 30.3 Å². The van der Waals surface area contributed by atoms with Gasteiger partial charge in [0, 0.05) is 37.1 Å². The van der Waals surface area contributed by atoms with Crippen LogP contribution in [0.5, 0.6) is 0 Å². The number of hydrogen-bond donors (Lipinski definition) is 2. The number of nitrogens with zero attached hydrogens (tertiary/aromatic N) is 2. The summed E-state index contributed by atoms with van der Waals surface area (Å²) in [6, 6.07) is 4.68. The topological polar surface area (TPSA) is 54.2 Å². The Morgan fingerprint density at radius 3 is 3.20 bits per heavy atom. The second kappa shape index (κ2) is 3.38. The maximum absolute atomic E-state index is 5.69. The fourth-order valence-corrected chi connectivity index (χ4v) is 2.69. The van der Waals surface area contributed by atoms with Crippen molar-refractivity contribution in [1.82, 2.24) is 10.3 Å². The van der Waals surface area contributed by atoms with Gasteiger partial charge in [0.2, 0.25) is 0 Å².